The first kappa shape index (κ1) is 14.8. The van der Waals surface area contributed by atoms with Crippen LogP contribution in [0.3, 0.4) is 0 Å². The molecule has 0 radical (unpaired) electrons. The van der Waals surface area contributed by atoms with Crippen LogP contribution in [-0.2, 0) is 16.0 Å². The van der Waals surface area contributed by atoms with Crippen molar-refractivity contribution in [2.45, 2.75) is 39.7 Å². The van der Waals surface area contributed by atoms with Crippen molar-refractivity contribution in [1.29, 1.82) is 0 Å². The van der Waals surface area contributed by atoms with Crippen LogP contribution in [0.15, 0.2) is 16.5 Å². The summed E-state index contributed by atoms with van der Waals surface area (Å²) in [6.45, 7) is 8.65. The molecule has 0 aliphatic rings. The summed E-state index contributed by atoms with van der Waals surface area (Å²) in [4.78, 5) is 13.8. The van der Waals surface area contributed by atoms with Gasteiger partial charge in [-0.25, -0.2) is 0 Å². The van der Waals surface area contributed by atoms with Gasteiger partial charge >= 0.3 is 5.97 Å². The predicted octanol–water partition coefficient (Wildman–Crippen LogP) is 2.40. The molecule has 1 aromatic heterocycles. The van der Waals surface area contributed by atoms with E-state index in [-0.39, 0.29) is 5.97 Å². The first-order valence-electron chi connectivity index (χ1n) is 6.31. The number of aryl methyl sites for hydroxylation is 1. The molecule has 0 spiro atoms. The van der Waals surface area contributed by atoms with Gasteiger partial charge in [-0.2, -0.15) is 0 Å². The highest BCUT2D eigenvalue weighted by atomic mass is 16.5. The van der Waals surface area contributed by atoms with Crippen LogP contribution >= 0.6 is 0 Å². The van der Waals surface area contributed by atoms with Crippen LogP contribution in [0.2, 0.25) is 0 Å². The third-order valence-electron chi connectivity index (χ3n) is 3.22. The Balaban J connectivity index is 2.53. The van der Waals surface area contributed by atoms with Gasteiger partial charge in [0.1, 0.15) is 17.1 Å². The first-order valence-corrected chi connectivity index (χ1v) is 6.31. The lowest BCUT2D eigenvalue weighted by atomic mass is 10.0. The molecule has 1 aromatic rings. The van der Waals surface area contributed by atoms with Gasteiger partial charge in [0, 0.05) is 13.0 Å². The maximum atomic E-state index is 11.8. The lowest BCUT2D eigenvalue weighted by molar-refractivity contribution is -0.154. The molecule has 0 N–H and O–H groups in total. The van der Waals surface area contributed by atoms with E-state index in [2.05, 4.69) is 0 Å². The Morgan fingerprint density at radius 3 is 2.61 bits per heavy atom. The van der Waals surface area contributed by atoms with Crippen molar-refractivity contribution in [3.63, 3.8) is 0 Å². The van der Waals surface area contributed by atoms with Gasteiger partial charge in [0.25, 0.3) is 0 Å². The van der Waals surface area contributed by atoms with Crippen molar-refractivity contribution in [3.8, 4) is 0 Å². The zero-order chi connectivity index (χ0) is 13.8. The average molecular weight is 253 g/mol. The van der Waals surface area contributed by atoms with Gasteiger partial charge in [-0.3, -0.25) is 9.69 Å². The third kappa shape index (κ3) is 3.60. The summed E-state index contributed by atoms with van der Waals surface area (Å²) < 4.78 is 10.6. The largest absolute Gasteiger partial charge is 0.466 e. The van der Waals surface area contributed by atoms with Gasteiger partial charge < -0.3 is 9.15 Å². The molecule has 4 heteroatoms. The summed E-state index contributed by atoms with van der Waals surface area (Å²) in [5, 5.41) is 0. The van der Waals surface area contributed by atoms with Gasteiger partial charge in [-0.1, -0.05) is 0 Å². The number of ether oxygens (including phenoxy) is 1. The summed E-state index contributed by atoms with van der Waals surface area (Å²) in [6.07, 6.45) is 0.785. The molecule has 0 saturated heterocycles. The molecule has 1 heterocycles. The van der Waals surface area contributed by atoms with Crippen LogP contribution in [0.1, 0.15) is 32.3 Å². The molecule has 0 fully saturated rings. The Morgan fingerprint density at radius 1 is 1.44 bits per heavy atom. The summed E-state index contributed by atoms with van der Waals surface area (Å²) in [7, 11) is 1.92. The van der Waals surface area contributed by atoms with Gasteiger partial charge in [-0.05, 0) is 46.9 Å². The van der Waals surface area contributed by atoms with Crippen molar-refractivity contribution in [1.82, 2.24) is 4.90 Å². The summed E-state index contributed by atoms with van der Waals surface area (Å²) in [5.41, 5.74) is -0.613. The lowest BCUT2D eigenvalue weighted by Crippen LogP contribution is -2.49. The second-order valence-corrected chi connectivity index (χ2v) is 4.96. The predicted molar refractivity (Wildman–Crippen MR) is 70.5 cm³/mol. The Morgan fingerprint density at radius 2 is 2.11 bits per heavy atom. The van der Waals surface area contributed by atoms with Crippen molar-refractivity contribution < 1.29 is 13.9 Å². The minimum Gasteiger partial charge on any atom is -0.466 e. The molecule has 0 aliphatic heterocycles. The molecule has 0 aromatic carbocycles. The van der Waals surface area contributed by atoms with Crippen LogP contribution in [-0.4, -0.2) is 36.6 Å². The molecule has 0 saturated carbocycles. The zero-order valence-electron chi connectivity index (χ0n) is 11.9. The molecular formula is C14H23NO3. The van der Waals surface area contributed by atoms with Crippen LogP contribution < -0.4 is 0 Å². The summed E-state index contributed by atoms with van der Waals surface area (Å²) in [6, 6.07) is 3.92. The molecule has 4 nitrogen and oxygen atoms in total. The molecule has 0 atom stereocenters. The van der Waals surface area contributed by atoms with Crippen molar-refractivity contribution in [2.24, 2.45) is 0 Å². The van der Waals surface area contributed by atoms with Crippen molar-refractivity contribution in [2.75, 3.05) is 20.2 Å². The minimum absolute atomic E-state index is 0.192. The molecule has 0 unspecified atom stereocenters. The number of nitrogens with zero attached hydrogens (tertiary/aromatic N) is 1. The van der Waals surface area contributed by atoms with E-state index in [0.717, 1.165) is 24.5 Å². The van der Waals surface area contributed by atoms with E-state index in [1.54, 1.807) is 0 Å². The first-order chi connectivity index (χ1) is 8.37. The van der Waals surface area contributed by atoms with Crippen LogP contribution in [0.4, 0.5) is 0 Å². The molecule has 0 bridgehead atoms. The monoisotopic (exact) mass is 253 g/mol. The van der Waals surface area contributed by atoms with Gasteiger partial charge in [0.15, 0.2) is 0 Å². The Labute approximate surface area is 109 Å². The maximum Gasteiger partial charge on any atom is 0.325 e. The normalized spacial score (nSPS) is 11.9. The number of rotatable bonds is 6. The molecule has 0 aliphatic carbocycles. The zero-order valence-corrected chi connectivity index (χ0v) is 11.9. The summed E-state index contributed by atoms with van der Waals surface area (Å²) >= 11 is 0. The maximum absolute atomic E-state index is 11.8. The van der Waals surface area contributed by atoms with Gasteiger partial charge in [0.05, 0.1) is 6.61 Å². The molecule has 18 heavy (non-hydrogen) atoms. The quantitative estimate of drug-likeness (QED) is 0.730. The van der Waals surface area contributed by atoms with Crippen LogP contribution in [0.5, 0.6) is 0 Å². The lowest BCUT2D eigenvalue weighted by Gasteiger charge is -2.32. The highest BCUT2D eigenvalue weighted by Gasteiger charge is 2.33. The van der Waals surface area contributed by atoms with Crippen molar-refractivity contribution in [3.05, 3.63) is 23.7 Å². The number of likely N-dealkylation sites (N-methyl/N-ethyl adjacent to an activating group) is 1. The Bertz CT molecular complexity index is 395. The van der Waals surface area contributed by atoms with E-state index in [9.17, 15) is 4.79 Å². The van der Waals surface area contributed by atoms with Gasteiger partial charge in [0.2, 0.25) is 0 Å². The fourth-order valence-electron chi connectivity index (χ4n) is 1.64. The SMILES string of the molecule is CCOC(=O)C(C)(C)N(C)CCc1ccc(C)o1. The Kier molecular flexibility index (Phi) is 4.96. The number of carbonyl (C=O) groups excluding carboxylic acids is 1. The number of carbonyl (C=O) groups is 1. The fourth-order valence-corrected chi connectivity index (χ4v) is 1.64. The second kappa shape index (κ2) is 6.05. The van der Waals surface area contributed by atoms with Crippen LogP contribution in [0.25, 0.3) is 0 Å². The molecule has 0 amide bonds. The number of furan rings is 1. The molecular weight excluding hydrogens is 230 g/mol. The van der Waals surface area contributed by atoms with Crippen LogP contribution in [0, 0.1) is 6.92 Å². The van der Waals surface area contributed by atoms with Crippen molar-refractivity contribution >= 4 is 5.97 Å². The number of esters is 1. The average Bonchev–Trinajstić information content (AvgIpc) is 2.72. The standard InChI is InChI=1S/C14H23NO3/c1-6-17-13(16)14(3,4)15(5)10-9-12-8-7-11(2)18-12/h7-8H,6,9-10H2,1-5H3. The van der Waals surface area contributed by atoms with E-state index in [1.165, 1.54) is 0 Å². The topological polar surface area (TPSA) is 42.7 Å². The van der Waals surface area contributed by atoms with E-state index in [1.807, 2.05) is 51.8 Å². The summed E-state index contributed by atoms with van der Waals surface area (Å²) in [5.74, 6) is 1.67. The number of hydrogen-bond acceptors (Lipinski definition) is 4. The van der Waals surface area contributed by atoms with E-state index in [4.69, 9.17) is 9.15 Å². The molecule has 102 valence electrons. The van der Waals surface area contributed by atoms with E-state index >= 15 is 0 Å². The van der Waals surface area contributed by atoms with Gasteiger partial charge in [-0.15, -0.1) is 0 Å². The smallest absolute Gasteiger partial charge is 0.325 e. The number of hydrogen-bond donors (Lipinski definition) is 0. The third-order valence-corrected chi connectivity index (χ3v) is 3.22. The molecule has 1 rings (SSSR count). The second-order valence-electron chi connectivity index (χ2n) is 4.96. The minimum atomic E-state index is -0.613. The highest BCUT2D eigenvalue weighted by Crippen LogP contribution is 2.16. The Hall–Kier alpha value is -1.29. The highest BCUT2D eigenvalue weighted by molar-refractivity contribution is 5.79. The fraction of sp³-hybridized carbons (Fsp3) is 0.643. The van der Waals surface area contributed by atoms with E-state index < -0.39 is 5.54 Å². The van der Waals surface area contributed by atoms with E-state index in [0.29, 0.717) is 6.61 Å².